The normalized spacial score (nSPS) is 12.6. The molecule has 1 atom stereocenters. The summed E-state index contributed by atoms with van der Waals surface area (Å²) in [5, 5.41) is 17.8. The van der Waals surface area contributed by atoms with Crippen LogP contribution in [0.1, 0.15) is 11.7 Å². The molecule has 0 aliphatic heterocycles. The number of halogens is 1. The lowest BCUT2D eigenvalue weighted by Crippen LogP contribution is -2.03. The maximum atomic E-state index is 12.9. The zero-order valence-corrected chi connectivity index (χ0v) is 7.20. The Morgan fingerprint density at radius 1 is 1.54 bits per heavy atom. The molecular weight excluding hydrogens is 175 g/mol. The topological polar surface area (TPSA) is 49.7 Å². The summed E-state index contributed by atoms with van der Waals surface area (Å²) in [5.41, 5.74) is 0.431. The number of methoxy groups -OCH3 is 1. The summed E-state index contributed by atoms with van der Waals surface area (Å²) in [7, 11) is 1.34. The minimum absolute atomic E-state index is 0.0602. The van der Waals surface area contributed by atoms with Gasteiger partial charge in [0.05, 0.1) is 13.7 Å². The molecule has 1 aromatic carbocycles. The summed E-state index contributed by atoms with van der Waals surface area (Å²) >= 11 is 0. The quantitative estimate of drug-likeness (QED) is 0.736. The minimum atomic E-state index is -0.991. The van der Waals surface area contributed by atoms with Crippen molar-refractivity contribution in [3.05, 3.63) is 29.6 Å². The standard InChI is InChI=1S/C9H11FO3/c1-13-9-4-6(8(12)5-11)2-3-7(9)10/h2-4,8,11-12H,5H2,1H3. The van der Waals surface area contributed by atoms with Crippen molar-refractivity contribution in [3.8, 4) is 5.75 Å². The fourth-order valence-corrected chi connectivity index (χ4v) is 0.989. The van der Waals surface area contributed by atoms with Crippen molar-refractivity contribution >= 4 is 0 Å². The van der Waals surface area contributed by atoms with Gasteiger partial charge < -0.3 is 14.9 Å². The molecular formula is C9H11FO3. The van der Waals surface area contributed by atoms with Gasteiger partial charge in [0.25, 0.3) is 0 Å². The SMILES string of the molecule is COc1cc(C(O)CO)ccc1F. The molecule has 3 nitrogen and oxygen atoms in total. The highest BCUT2D eigenvalue weighted by Gasteiger charge is 2.09. The first-order chi connectivity index (χ1) is 6.19. The van der Waals surface area contributed by atoms with E-state index in [2.05, 4.69) is 0 Å². The van der Waals surface area contributed by atoms with Crippen molar-refractivity contribution in [1.29, 1.82) is 0 Å². The number of ether oxygens (including phenoxy) is 1. The van der Waals surface area contributed by atoms with E-state index < -0.39 is 18.5 Å². The van der Waals surface area contributed by atoms with Crippen LogP contribution in [0.3, 0.4) is 0 Å². The number of aliphatic hydroxyl groups excluding tert-OH is 2. The second-order valence-electron chi connectivity index (χ2n) is 2.59. The highest BCUT2D eigenvalue weighted by molar-refractivity contribution is 5.31. The van der Waals surface area contributed by atoms with Gasteiger partial charge in [0.15, 0.2) is 11.6 Å². The summed E-state index contributed by atoms with van der Waals surface area (Å²) in [6.45, 7) is -0.394. The molecule has 2 N–H and O–H groups in total. The summed E-state index contributed by atoms with van der Waals surface area (Å²) in [4.78, 5) is 0. The van der Waals surface area contributed by atoms with Gasteiger partial charge in [-0.15, -0.1) is 0 Å². The number of benzene rings is 1. The van der Waals surface area contributed by atoms with Crippen LogP contribution in [0.5, 0.6) is 5.75 Å². The molecule has 1 aromatic rings. The predicted molar refractivity (Wildman–Crippen MR) is 45.0 cm³/mol. The average Bonchev–Trinajstić information content (AvgIpc) is 2.17. The van der Waals surface area contributed by atoms with Crippen molar-refractivity contribution in [3.63, 3.8) is 0 Å². The second-order valence-corrected chi connectivity index (χ2v) is 2.59. The Labute approximate surface area is 75.4 Å². The van der Waals surface area contributed by atoms with Crippen LogP contribution in [0.4, 0.5) is 4.39 Å². The van der Waals surface area contributed by atoms with Gasteiger partial charge in [-0.3, -0.25) is 0 Å². The molecule has 1 unspecified atom stereocenters. The molecule has 0 amide bonds. The van der Waals surface area contributed by atoms with Gasteiger partial charge in [0.2, 0.25) is 0 Å². The van der Waals surface area contributed by atoms with E-state index in [1.54, 1.807) is 0 Å². The maximum Gasteiger partial charge on any atom is 0.165 e. The zero-order valence-electron chi connectivity index (χ0n) is 7.20. The third-order valence-corrected chi connectivity index (χ3v) is 1.73. The van der Waals surface area contributed by atoms with E-state index >= 15 is 0 Å². The van der Waals surface area contributed by atoms with Crippen LogP contribution in [0.2, 0.25) is 0 Å². The zero-order chi connectivity index (χ0) is 9.84. The Balaban J connectivity index is 2.99. The van der Waals surface area contributed by atoms with Crippen LogP contribution in [0.25, 0.3) is 0 Å². The Hall–Kier alpha value is -1.13. The third kappa shape index (κ3) is 2.17. The van der Waals surface area contributed by atoms with Crippen molar-refractivity contribution in [1.82, 2.24) is 0 Å². The van der Waals surface area contributed by atoms with Gasteiger partial charge in [0, 0.05) is 0 Å². The van der Waals surface area contributed by atoms with E-state index in [9.17, 15) is 9.50 Å². The van der Waals surface area contributed by atoms with Gasteiger partial charge in [-0.1, -0.05) is 6.07 Å². The molecule has 0 bridgehead atoms. The number of rotatable bonds is 3. The summed E-state index contributed by atoms with van der Waals surface area (Å²) < 4.78 is 17.6. The fraction of sp³-hybridized carbons (Fsp3) is 0.333. The molecule has 13 heavy (non-hydrogen) atoms. The maximum absolute atomic E-state index is 12.9. The highest BCUT2D eigenvalue weighted by Crippen LogP contribution is 2.22. The first-order valence-electron chi connectivity index (χ1n) is 3.81. The van der Waals surface area contributed by atoms with Crippen LogP contribution in [0, 0.1) is 5.82 Å². The van der Waals surface area contributed by atoms with Crippen LogP contribution in [-0.4, -0.2) is 23.9 Å². The van der Waals surface area contributed by atoms with Gasteiger partial charge in [-0.25, -0.2) is 4.39 Å². The first-order valence-corrected chi connectivity index (χ1v) is 3.81. The van der Waals surface area contributed by atoms with E-state index in [-0.39, 0.29) is 5.75 Å². The molecule has 0 saturated carbocycles. The van der Waals surface area contributed by atoms with Crippen molar-refractivity contribution in [2.24, 2.45) is 0 Å². The molecule has 0 saturated heterocycles. The Bertz CT molecular complexity index is 288. The fourth-order valence-electron chi connectivity index (χ4n) is 0.989. The van der Waals surface area contributed by atoms with E-state index in [1.165, 1.54) is 25.3 Å². The molecule has 0 heterocycles. The molecule has 0 radical (unpaired) electrons. The van der Waals surface area contributed by atoms with Crippen LogP contribution in [0.15, 0.2) is 18.2 Å². The van der Waals surface area contributed by atoms with E-state index in [0.29, 0.717) is 5.56 Å². The predicted octanol–water partition coefficient (Wildman–Crippen LogP) is 0.860. The van der Waals surface area contributed by atoms with Crippen LogP contribution in [-0.2, 0) is 0 Å². The first kappa shape index (κ1) is 9.95. The molecule has 0 fully saturated rings. The van der Waals surface area contributed by atoms with Crippen molar-refractivity contribution in [2.45, 2.75) is 6.10 Å². The van der Waals surface area contributed by atoms with Gasteiger partial charge >= 0.3 is 0 Å². The van der Waals surface area contributed by atoms with Gasteiger partial charge in [-0.2, -0.15) is 0 Å². The average molecular weight is 186 g/mol. The molecule has 72 valence electrons. The van der Waals surface area contributed by atoms with Crippen LogP contribution >= 0.6 is 0 Å². The Kier molecular flexibility index (Phi) is 3.22. The Morgan fingerprint density at radius 3 is 2.77 bits per heavy atom. The summed E-state index contributed by atoms with van der Waals surface area (Å²) in [6, 6.07) is 3.95. The Morgan fingerprint density at radius 2 is 2.23 bits per heavy atom. The third-order valence-electron chi connectivity index (χ3n) is 1.73. The molecule has 0 aromatic heterocycles. The lowest BCUT2D eigenvalue weighted by atomic mass is 10.1. The number of aliphatic hydroxyl groups is 2. The van der Waals surface area contributed by atoms with Crippen molar-refractivity contribution < 1.29 is 19.3 Å². The summed E-state index contributed by atoms with van der Waals surface area (Å²) in [5.74, 6) is -0.429. The van der Waals surface area contributed by atoms with E-state index in [1.807, 2.05) is 0 Å². The largest absolute Gasteiger partial charge is 0.494 e. The van der Waals surface area contributed by atoms with Gasteiger partial charge in [-0.05, 0) is 17.7 Å². The molecule has 1 rings (SSSR count). The molecule has 0 aliphatic rings. The minimum Gasteiger partial charge on any atom is -0.494 e. The van der Waals surface area contributed by atoms with Crippen molar-refractivity contribution in [2.75, 3.05) is 13.7 Å². The monoisotopic (exact) mass is 186 g/mol. The molecule has 0 spiro atoms. The highest BCUT2D eigenvalue weighted by atomic mass is 19.1. The van der Waals surface area contributed by atoms with Crippen LogP contribution < -0.4 is 4.74 Å². The number of hydrogen-bond acceptors (Lipinski definition) is 3. The number of hydrogen-bond donors (Lipinski definition) is 2. The van der Waals surface area contributed by atoms with E-state index in [0.717, 1.165) is 0 Å². The lowest BCUT2D eigenvalue weighted by Gasteiger charge is -2.09. The van der Waals surface area contributed by atoms with E-state index in [4.69, 9.17) is 9.84 Å². The molecule has 0 aliphatic carbocycles. The second kappa shape index (κ2) is 4.20. The lowest BCUT2D eigenvalue weighted by molar-refractivity contribution is 0.0953. The molecule has 4 heteroatoms. The van der Waals surface area contributed by atoms with Gasteiger partial charge in [0.1, 0.15) is 6.10 Å². The summed E-state index contributed by atoms with van der Waals surface area (Å²) in [6.07, 6.45) is -0.991. The smallest absolute Gasteiger partial charge is 0.165 e.